The molecule has 0 bridgehead atoms. The Balaban J connectivity index is 2.99. The molecule has 0 radical (unpaired) electrons. The molecule has 0 spiro atoms. The SMILES string of the molecule is Cc1cc(N(C)CC(=O)NC(C)C)c([C@H](C)O)cc1F. The van der Waals surface area contributed by atoms with Gasteiger partial charge in [0.2, 0.25) is 5.91 Å². The number of aryl methyl sites for hydroxylation is 1. The number of amides is 1. The molecule has 0 aliphatic heterocycles. The highest BCUT2D eigenvalue weighted by Gasteiger charge is 2.17. The maximum Gasteiger partial charge on any atom is 0.239 e. The molecule has 1 aromatic carbocycles. The zero-order chi connectivity index (χ0) is 15.4. The summed E-state index contributed by atoms with van der Waals surface area (Å²) < 4.78 is 13.6. The summed E-state index contributed by atoms with van der Waals surface area (Å²) in [4.78, 5) is 13.5. The Kier molecular flexibility index (Phi) is 5.51. The van der Waals surface area contributed by atoms with Crippen molar-refractivity contribution in [2.45, 2.75) is 39.8 Å². The van der Waals surface area contributed by atoms with Crippen LogP contribution in [0.4, 0.5) is 10.1 Å². The zero-order valence-corrected chi connectivity index (χ0v) is 12.7. The number of likely N-dealkylation sites (N-methyl/N-ethyl adjacent to an activating group) is 1. The Hall–Kier alpha value is -1.62. The van der Waals surface area contributed by atoms with Gasteiger partial charge in [-0.3, -0.25) is 4.79 Å². The van der Waals surface area contributed by atoms with Crippen LogP contribution >= 0.6 is 0 Å². The topological polar surface area (TPSA) is 52.6 Å². The first kappa shape index (κ1) is 16.4. The molecule has 112 valence electrons. The maximum absolute atomic E-state index is 13.6. The number of carbonyl (C=O) groups excluding carboxylic acids is 1. The number of anilines is 1. The van der Waals surface area contributed by atoms with Crippen LogP contribution in [0.3, 0.4) is 0 Å². The van der Waals surface area contributed by atoms with Gasteiger partial charge in [-0.1, -0.05) is 0 Å². The smallest absolute Gasteiger partial charge is 0.239 e. The third kappa shape index (κ3) is 4.20. The lowest BCUT2D eigenvalue weighted by Gasteiger charge is -2.24. The Morgan fingerprint density at radius 2 is 2.00 bits per heavy atom. The quantitative estimate of drug-likeness (QED) is 0.870. The second kappa shape index (κ2) is 6.70. The van der Waals surface area contributed by atoms with Gasteiger partial charge in [0.05, 0.1) is 12.6 Å². The van der Waals surface area contributed by atoms with E-state index in [0.717, 1.165) is 0 Å². The molecule has 1 aromatic rings. The van der Waals surface area contributed by atoms with Crippen molar-refractivity contribution in [3.05, 3.63) is 29.1 Å². The molecule has 5 heteroatoms. The van der Waals surface area contributed by atoms with Gasteiger partial charge >= 0.3 is 0 Å². The Morgan fingerprint density at radius 3 is 2.50 bits per heavy atom. The standard InChI is InChI=1S/C15H23FN2O2/c1-9(2)17-15(20)8-18(5)14-6-10(3)13(16)7-12(14)11(4)19/h6-7,9,11,19H,8H2,1-5H3,(H,17,20)/t11-/m0/s1. The van der Waals surface area contributed by atoms with Gasteiger partial charge in [-0.15, -0.1) is 0 Å². The van der Waals surface area contributed by atoms with E-state index in [4.69, 9.17) is 0 Å². The molecule has 0 aliphatic carbocycles. The van der Waals surface area contributed by atoms with Crippen LogP contribution < -0.4 is 10.2 Å². The van der Waals surface area contributed by atoms with Crippen molar-refractivity contribution in [1.29, 1.82) is 0 Å². The van der Waals surface area contributed by atoms with E-state index in [1.807, 2.05) is 13.8 Å². The molecule has 1 amide bonds. The number of hydrogen-bond donors (Lipinski definition) is 2. The van der Waals surface area contributed by atoms with Crippen LogP contribution in [-0.2, 0) is 4.79 Å². The molecule has 0 saturated carbocycles. The van der Waals surface area contributed by atoms with Gasteiger partial charge in [0.1, 0.15) is 5.82 Å². The normalized spacial score (nSPS) is 12.4. The number of hydrogen-bond acceptors (Lipinski definition) is 3. The third-order valence-corrected chi connectivity index (χ3v) is 3.00. The molecule has 20 heavy (non-hydrogen) atoms. The van der Waals surface area contributed by atoms with Crippen LogP contribution in [0.25, 0.3) is 0 Å². The Morgan fingerprint density at radius 1 is 1.40 bits per heavy atom. The predicted molar refractivity (Wildman–Crippen MR) is 78.3 cm³/mol. The van der Waals surface area contributed by atoms with Gasteiger partial charge in [0.15, 0.2) is 0 Å². The van der Waals surface area contributed by atoms with Crippen LogP contribution in [-0.4, -0.2) is 30.6 Å². The lowest BCUT2D eigenvalue weighted by Crippen LogP contribution is -2.39. The molecule has 0 saturated heterocycles. The number of carbonyl (C=O) groups is 1. The third-order valence-electron chi connectivity index (χ3n) is 3.00. The van der Waals surface area contributed by atoms with E-state index >= 15 is 0 Å². The first-order chi connectivity index (χ1) is 9.22. The van der Waals surface area contributed by atoms with Crippen LogP contribution in [0.2, 0.25) is 0 Å². The Bertz CT molecular complexity index is 487. The fourth-order valence-corrected chi connectivity index (χ4v) is 2.02. The molecule has 0 heterocycles. The molecule has 0 aromatic heterocycles. The number of nitrogens with one attached hydrogen (secondary N) is 1. The highest BCUT2D eigenvalue weighted by Crippen LogP contribution is 2.28. The van der Waals surface area contributed by atoms with E-state index in [0.29, 0.717) is 16.8 Å². The van der Waals surface area contributed by atoms with Crippen molar-refractivity contribution in [3.8, 4) is 0 Å². The van der Waals surface area contributed by atoms with Crippen molar-refractivity contribution in [2.24, 2.45) is 0 Å². The molecule has 1 atom stereocenters. The minimum Gasteiger partial charge on any atom is -0.389 e. The van der Waals surface area contributed by atoms with Crippen LogP contribution in [0.15, 0.2) is 12.1 Å². The number of halogens is 1. The number of rotatable bonds is 5. The van der Waals surface area contributed by atoms with Crippen LogP contribution in [0.5, 0.6) is 0 Å². The minimum absolute atomic E-state index is 0.0714. The molecule has 4 nitrogen and oxygen atoms in total. The van der Waals surface area contributed by atoms with Gasteiger partial charge in [-0.2, -0.15) is 0 Å². The van der Waals surface area contributed by atoms with Gasteiger partial charge in [0.25, 0.3) is 0 Å². The summed E-state index contributed by atoms with van der Waals surface area (Å²) in [5, 5.41) is 12.6. The number of aliphatic hydroxyl groups is 1. The summed E-state index contributed by atoms with van der Waals surface area (Å²) in [6.45, 7) is 7.17. The van der Waals surface area contributed by atoms with Crippen molar-refractivity contribution in [1.82, 2.24) is 5.32 Å². The average Bonchev–Trinajstić information content (AvgIpc) is 2.30. The van der Waals surface area contributed by atoms with E-state index in [1.54, 1.807) is 31.9 Å². The molecular formula is C15H23FN2O2. The number of aliphatic hydroxyl groups excluding tert-OH is 1. The highest BCUT2D eigenvalue weighted by atomic mass is 19.1. The summed E-state index contributed by atoms with van der Waals surface area (Å²) in [5.74, 6) is -0.467. The maximum atomic E-state index is 13.6. The molecule has 2 N–H and O–H groups in total. The van der Waals surface area contributed by atoms with E-state index in [9.17, 15) is 14.3 Å². The van der Waals surface area contributed by atoms with E-state index < -0.39 is 6.10 Å². The molecule has 0 fully saturated rings. The van der Waals surface area contributed by atoms with Gasteiger partial charge in [0, 0.05) is 24.3 Å². The molecule has 0 aliphatic rings. The fraction of sp³-hybridized carbons (Fsp3) is 0.533. The number of benzene rings is 1. The van der Waals surface area contributed by atoms with E-state index in [2.05, 4.69) is 5.32 Å². The first-order valence-corrected chi connectivity index (χ1v) is 6.71. The molecule has 1 rings (SSSR count). The zero-order valence-electron chi connectivity index (χ0n) is 12.7. The minimum atomic E-state index is -0.796. The van der Waals surface area contributed by atoms with Crippen molar-refractivity contribution in [2.75, 3.05) is 18.5 Å². The van der Waals surface area contributed by atoms with Crippen molar-refractivity contribution in [3.63, 3.8) is 0 Å². The summed E-state index contributed by atoms with van der Waals surface area (Å²) in [5.41, 5.74) is 1.63. The summed E-state index contributed by atoms with van der Waals surface area (Å²) >= 11 is 0. The summed E-state index contributed by atoms with van der Waals surface area (Å²) in [6, 6.07) is 3.05. The summed E-state index contributed by atoms with van der Waals surface area (Å²) in [6.07, 6.45) is -0.796. The van der Waals surface area contributed by atoms with Crippen LogP contribution in [0, 0.1) is 12.7 Å². The van der Waals surface area contributed by atoms with Crippen molar-refractivity contribution < 1.29 is 14.3 Å². The number of nitrogens with zero attached hydrogens (tertiary/aromatic N) is 1. The average molecular weight is 282 g/mol. The second-order valence-corrected chi connectivity index (χ2v) is 5.41. The highest BCUT2D eigenvalue weighted by molar-refractivity contribution is 5.81. The molecular weight excluding hydrogens is 259 g/mol. The van der Waals surface area contributed by atoms with Gasteiger partial charge in [-0.05, 0) is 45.4 Å². The van der Waals surface area contributed by atoms with Gasteiger partial charge < -0.3 is 15.3 Å². The van der Waals surface area contributed by atoms with E-state index in [-0.39, 0.29) is 24.3 Å². The van der Waals surface area contributed by atoms with E-state index in [1.165, 1.54) is 6.07 Å². The monoisotopic (exact) mass is 282 g/mol. The van der Waals surface area contributed by atoms with Crippen LogP contribution in [0.1, 0.15) is 38.0 Å². The molecule has 0 unspecified atom stereocenters. The lowest BCUT2D eigenvalue weighted by molar-refractivity contribution is -0.120. The summed E-state index contributed by atoms with van der Waals surface area (Å²) in [7, 11) is 1.75. The fourth-order valence-electron chi connectivity index (χ4n) is 2.02. The lowest BCUT2D eigenvalue weighted by atomic mass is 10.0. The second-order valence-electron chi connectivity index (χ2n) is 5.41. The predicted octanol–water partition coefficient (Wildman–Crippen LogP) is 2.15. The van der Waals surface area contributed by atoms with Gasteiger partial charge in [-0.25, -0.2) is 4.39 Å². The first-order valence-electron chi connectivity index (χ1n) is 6.71. The van der Waals surface area contributed by atoms with Crippen molar-refractivity contribution >= 4 is 11.6 Å². The largest absolute Gasteiger partial charge is 0.389 e. The Labute approximate surface area is 119 Å².